The molecule has 2 aromatic rings. The van der Waals surface area contributed by atoms with E-state index < -0.39 is 6.29 Å². The van der Waals surface area contributed by atoms with Crippen LogP contribution in [0.4, 0.5) is 0 Å². The Labute approximate surface area is 162 Å². The summed E-state index contributed by atoms with van der Waals surface area (Å²) in [5, 5.41) is 0. The third-order valence-electron chi connectivity index (χ3n) is 5.43. The number of methoxy groups -OCH3 is 1. The summed E-state index contributed by atoms with van der Waals surface area (Å²) in [7, 11) is 1.56. The zero-order valence-electron chi connectivity index (χ0n) is 15.4. The summed E-state index contributed by atoms with van der Waals surface area (Å²) in [6, 6.07) is 11.6. The average molecular weight is 384 g/mol. The van der Waals surface area contributed by atoms with Gasteiger partial charge in [-0.1, -0.05) is 12.1 Å². The number of esters is 1. The molecule has 5 rings (SSSR count). The van der Waals surface area contributed by atoms with Crippen LogP contribution in [-0.4, -0.2) is 33.0 Å². The highest BCUT2D eigenvalue weighted by molar-refractivity contribution is 5.75. The second kappa shape index (κ2) is 6.91. The molecule has 1 saturated heterocycles. The molecule has 28 heavy (non-hydrogen) atoms. The van der Waals surface area contributed by atoms with E-state index in [2.05, 4.69) is 0 Å². The van der Waals surface area contributed by atoms with Gasteiger partial charge in [0, 0.05) is 13.0 Å². The van der Waals surface area contributed by atoms with E-state index in [1.54, 1.807) is 7.11 Å². The molecule has 0 saturated carbocycles. The molecule has 0 aliphatic carbocycles. The molecule has 3 heterocycles. The molecule has 7 nitrogen and oxygen atoms in total. The quantitative estimate of drug-likeness (QED) is 0.734. The van der Waals surface area contributed by atoms with E-state index in [0.29, 0.717) is 18.6 Å². The fourth-order valence-corrected chi connectivity index (χ4v) is 4.01. The molecular formula is C21H20O7. The normalized spacial score (nSPS) is 24.5. The van der Waals surface area contributed by atoms with Crippen LogP contribution in [0, 0.1) is 11.8 Å². The van der Waals surface area contributed by atoms with Crippen LogP contribution in [-0.2, 0) is 27.1 Å². The van der Waals surface area contributed by atoms with Crippen molar-refractivity contribution in [2.24, 2.45) is 11.8 Å². The lowest BCUT2D eigenvalue weighted by molar-refractivity contribution is -0.162. The van der Waals surface area contributed by atoms with Crippen LogP contribution in [0.2, 0.25) is 0 Å². The number of ether oxygens (including phenoxy) is 6. The molecule has 3 aliphatic rings. The monoisotopic (exact) mass is 384 g/mol. The van der Waals surface area contributed by atoms with E-state index in [1.807, 2.05) is 36.4 Å². The van der Waals surface area contributed by atoms with Crippen LogP contribution in [0.3, 0.4) is 0 Å². The number of cyclic esters (lactones) is 1. The molecule has 0 unspecified atom stereocenters. The van der Waals surface area contributed by atoms with Gasteiger partial charge in [-0.15, -0.1) is 0 Å². The molecule has 7 heteroatoms. The molecule has 0 aromatic heterocycles. The molecular weight excluding hydrogens is 364 g/mol. The van der Waals surface area contributed by atoms with Gasteiger partial charge in [0.2, 0.25) is 19.9 Å². The Kier molecular flexibility index (Phi) is 4.24. The molecule has 3 aliphatic heterocycles. The zero-order chi connectivity index (χ0) is 19.1. The minimum absolute atomic E-state index is 0.108. The van der Waals surface area contributed by atoms with E-state index in [0.717, 1.165) is 28.4 Å². The minimum Gasteiger partial charge on any atom is -0.454 e. The topological polar surface area (TPSA) is 72.5 Å². The second-order valence-electron chi connectivity index (χ2n) is 7.09. The second-order valence-corrected chi connectivity index (χ2v) is 7.09. The van der Waals surface area contributed by atoms with Crippen LogP contribution in [0.1, 0.15) is 11.1 Å². The van der Waals surface area contributed by atoms with Crippen molar-refractivity contribution in [2.75, 3.05) is 20.7 Å². The van der Waals surface area contributed by atoms with Crippen LogP contribution < -0.4 is 18.9 Å². The summed E-state index contributed by atoms with van der Waals surface area (Å²) in [6.45, 7) is 0.458. The van der Waals surface area contributed by atoms with Crippen molar-refractivity contribution >= 4 is 5.97 Å². The van der Waals surface area contributed by atoms with E-state index in [9.17, 15) is 4.79 Å². The summed E-state index contributed by atoms with van der Waals surface area (Å²) in [6.07, 6.45) is 0.609. The lowest BCUT2D eigenvalue weighted by Gasteiger charge is -2.20. The first kappa shape index (κ1) is 17.2. The van der Waals surface area contributed by atoms with Gasteiger partial charge < -0.3 is 28.4 Å². The number of hydrogen-bond acceptors (Lipinski definition) is 7. The summed E-state index contributed by atoms with van der Waals surface area (Å²) < 4.78 is 32.6. The van der Waals surface area contributed by atoms with E-state index >= 15 is 0 Å². The van der Waals surface area contributed by atoms with Gasteiger partial charge in [-0.05, 0) is 48.2 Å². The first-order valence-corrected chi connectivity index (χ1v) is 9.21. The maximum absolute atomic E-state index is 12.6. The highest BCUT2D eigenvalue weighted by Gasteiger charge is 2.45. The number of benzene rings is 2. The van der Waals surface area contributed by atoms with Crippen LogP contribution in [0.25, 0.3) is 0 Å². The maximum Gasteiger partial charge on any atom is 0.312 e. The number of hydrogen-bond donors (Lipinski definition) is 0. The minimum atomic E-state index is -0.572. The molecule has 0 radical (unpaired) electrons. The summed E-state index contributed by atoms with van der Waals surface area (Å²) in [5.74, 6) is 2.24. The Morgan fingerprint density at radius 1 is 0.857 bits per heavy atom. The van der Waals surface area contributed by atoms with Gasteiger partial charge in [-0.25, -0.2) is 0 Å². The zero-order valence-corrected chi connectivity index (χ0v) is 15.4. The van der Waals surface area contributed by atoms with Gasteiger partial charge in [-0.3, -0.25) is 4.79 Å². The van der Waals surface area contributed by atoms with Crippen LogP contribution in [0.5, 0.6) is 23.0 Å². The average Bonchev–Trinajstić information content (AvgIpc) is 3.42. The van der Waals surface area contributed by atoms with Gasteiger partial charge in [0.1, 0.15) is 0 Å². The van der Waals surface area contributed by atoms with E-state index in [4.69, 9.17) is 28.4 Å². The Morgan fingerprint density at radius 3 is 2.04 bits per heavy atom. The maximum atomic E-state index is 12.6. The third kappa shape index (κ3) is 3.01. The number of carbonyl (C=O) groups excluding carboxylic acids is 1. The Bertz CT molecular complexity index is 910. The third-order valence-corrected chi connectivity index (χ3v) is 5.43. The lowest BCUT2D eigenvalue weighted by atomic mass is 9.84. The summed E-state index contributed by atoms with van der Waals surface area (Å²) in [5.41, 5.74) is 2.05. The van der Waals surface area contributed by atoms with Gasteiger partial charge in [0.25, 0.3) is 0 Å². The fourth-order valence-electron chi connectivity index (χ4n) is 4.01. The van der Waals surface area contributed by atoms with Crippen molar-refractivity contribution in [3.05, 3.63) is 47.5 Å². The van der Waals surface area contributed by atoms with Crippen molar-refractivity contribution < 1.29 is 33.2 Å². The van der Waals surface area contributed by atoms with Crippen molar-refractivity contribution in [1.82, 2.24) is 0 Å². The van der Waals surface area contributed by atoms with Crippen molar-refractivity contribution in [1.29, 1.82) is 0 Å². The number of rotatable bonds is 5. The molecule has 3 atom stereocenters. The summed E-state index contributed by atoms with van der Waals surface area (Å²) >= 11 is 0. The first-order valence-electron chi connectivity index (χ1n) is 9.21. The van der Waals surface area contributed by atoms with Gasteiger partial charge in [-0.2, -0.15) is 0 Å². The van der Waals surface area contributed by atoms with Crippen molar-refractivity contribution in [2.45, 2.75) is 19.1 Å². The Morgan fingerprint density at radius 2 is 1.43 bits per heavy atom. The highest BCUT2D eigenvalue weighted by Crippen LogP contribution is 2.39. The largest absolute Gasteiger partial charge is 0.454 e. The lowest BCUT2D eigenvalue weighted by Crippen LogP contribution is -2.26. The molecule has 0 amide bonds. The number of fused-ring (bicyclic) bond motifs is 2. The molecule has 1 fully saturated rings. The van der Waals surface area contributed by atoms with Gasteiger partial charge in [0.05, 0.1) is 5.92 Å². The highest BCUT2D eigenvalue weighted by atomic mass is 16.7. The molecule has 146 valence electrons. The predicted octanol–water partition coefficient (Wildman–Crippen LogP) is 2.69. The number of carbonyl (C=O) groups is 1. The predicted molar refractivity (Wildman–Crippen MR) is 96.4 cm³/mol. The van der Waals surface area contributed by atoms with Crippen LogP contribution in [0.15, 0.2) is 36.4 Å². The van der Waals surface area contributed by atoms with E-state index in [-0.39, 0.29) is 31.4 Å². The molecule has 0 spiro atoms. The smallest absolute Gasteiger partial charge is 0.312 e. The first-order chi connectivity index (χ1) is 13.7. The molecule has 0 bridgehead atoms. The standard InChI is InChI=1S/C21H20O7/c1-23-21-15(7-13-3-5-17-19(9-13)27-11-25-17)14(20(22)28-21)6-12-2-4-16-18(8-12)26-10-24-16/h2-5,8-9,14-15,21H,6-7,10-11H2,1H3/t14-,15+,21+/m1/s1. The van der Waals surface area contributed by atoms with Crippen molar-refractivity contribution in [3.63, 3.8) is 0 Å². The van der Waals surface area contributed by atoms with Gasteiger partial charge >= 0.3 is 5.97 Å². The van der Waals surface area contributed by atoms with Crippen molar-refractivity contribution in [3.8, 4) is 23.0 Å². The molecule has 0 N–H and O–H groups in total. The van der Waals surface area contributed by atoms with E-state index in [1.165, 1.54) is 0 Å². The Balaban J connectivity index is 1.38. The molecule has 2 aromatic carbocycles. The fraction of sp³-hybridized carbons (Fsp3) is 0.381. The van der Waals surface area contributed by atoms with Gasteiger partial charge in [0.15, 0.2) is 23.0 Å². The SMILES string of the molecule is CO[C@H]1OC(=O)[C@H](Cc2ccc3c(c2)OCO3)[C@@H]1Cc1ccc2c(c1)OCO2. The van der Waals surface area contributed by atoms with Crippen LogP contribution >= 0.6 is 0 Å². The summed E-state index contributed by atoms with van der Waals surface area (Å²) in [4.78, 5) is 12.6. The Hall–Kier alpha value is -2.93.